The summed E-state index contributed by atoms with van der Waals surface area (Å²) in [6.45, 7) is 5.87. The van der Waals surface area contributed by atoms with E-state index in [1.807, 2.05) is 51.1 Å². The third-order valence-electron chi connectivity index (χ3n) is 4.40. The average molecular weight is 426 g/mol. The van der Waals surface area contributed by atoms with Crippen molar-refractivity contribution in [1.82, 2.24) is 9.78 Å². The van der Waals surface area contributed by atoms with Crippen molar-refractivity contribution in [3.63, 3.8) is 0 Å². The normalized spacial score (nSPS) is 10.7. The Morgan fingerprint density at radius 1 is 1.00 bits per heavy atom. The Balaban J connectivity index is 1.81. The maximum atomic E-state index is 12.4. The van der Waals surface area contributed by atoms with Crippen LogP contribution in [0.4, 0.5) is 5.69 Å². The lowest BCUT2D eigenvalue weighted by atomic mass is 10.0. The van der Waals surface area contributed by atoms with Crippen molar-refractivity contribution in [2.75, 3.05) is 5.32 Å². The molecule has 0 aliphatic heterocycles. The van der Waals surface area contributed by atoms with Crippen LogP contribution in [0.25, 0.3) is 11.3 Å². The third kappa shape index (κ3) is 4.52. The zero-order valence-corrected chi connectivity index (χ0v) is 17.0. The molecular formula is C21H20BrN3O2. The highest BCUT2D eigenvalue weighted by Gasteiger charge is 2.09. The van der Waals surface area contributed by atoms with Gasteiger partial charge in [0.25, 0.3) is 5.56 Å². The molecular weight excluding hydrogens is 406 g/mol. The minimum Gasteiger partial charge on any atom is -0.324 e. The number of rotatable bonds is 4. The van der Waals surface area contributed by atoms with Crippen LogP contribution in [-0.4, -0.2) is 15.7 Å². The van der Waals surface area contributed by atoms with Gasteiger partial charge in [-0.1, -0.05) is 28.1 Å². The molecule has 138 valence electrons. The van der Waals surface area contributed by atoms with Gasteiger partial charge in [-0.15, -0.1) is 0 Å². The first kappa shape index (κ1) is 19.0. The Hall–Kier alpha value is -2.73. The highest BCUT2D eigenvalue weighted by molar-refractivity contribution is 9.10. The zero-order valence-electron chi connectivity index (χ0n) is 15.4. The molecule has 0 spiro atoms. The molecule has 0 saturated carbocycles. The fourth-order valence-electron chi connectivity index (χ4n) is 2.68. The lowest BCUT2D eigenvalue weighted by Crippen LogP contribution is -2.29. The van der Waals surface area contributed by atoms with Crippen LogP contribution in [0.3, 0.4) is 0 Å². The predicted octanol–water partition coefficient (Wildman–Crippen LogP) is 4.24. The molecule has 0 radical (unpaired) electrons. The molecule has 5 nitrogen and oxygen atoms in total. The number of aromatic nitrogens is 2. The quantitative estimate of drug-likeness (QED) is 0.679. The number of nitrogens with one attached hydrogen (secondary N) is 1. The van der Waals surface area contributed by atoms with Crippen LogP contribution in [0.2, 0.25) is 0 Å². The summed E-state index contributed by atoms with van der Waals surface area (Å²) in [5.74, 6) is -0.302. The van der Waals surface area contributed by atoms with E-state index < -0.39 is 0 Å². The van der Waals surface area contributed by atoms with Crippen molar-refractivity contribution in [1.29, 1.82) is 0 Å². The molecule has 0 aliphatic carbocycles. The molecule has 1 aromatic heterocycles. The topological polar surface area (TPSA) is 64.0 Å². The minimum absolute atomic E-state index is 0.146. The Kier molecular flexibility index (Phi) is 5.56. The fraction of sp³-hybridized carbons (Fsp3) is 0.190. The third-order valence-corrected chi connectivity index (χ3v) is 5.29. The van der Waals surface area contributed by atoms with Crippen LogP contribution < -0.4 is 10.9 Å². The van der Waals surface area contributed by atoms with Crippen molar-refractivity contribution in [3.8, 4) is 11.3 Å². The van der Waals surface area contributed by atoms with E-state index in [0.29, 0.717) is 11.4 Å². The minimum atomic E-state index is -0.315. The second-order valence-electron chi connectivity index (χ2n) is 6.53. The number of aryl methyl sites for hydroxylation is 3. The van der Waals surface area contributed by atoms with E-state index >= 15 is 0 Å². The van der Waals surface area contributed by atoms with Gasteiger partial charge in [0.1, 0.15) is 6.54 Å². The molecule has 0 aliphatic rings. The van der Waals surface area contributed by atoms with Crippen molar-refractivity contribution in [3.05, 3.63) is 80.0 Å². The predicted molar refractivity (Wildman–Crippen MR) is 111 cm³/mol. The zero-order chi connectivity index (χ0) is 19.6. The van der Waals surface area contributed by atoms with Crippen LogP contribution in [0.5, 0.6) is 0 Å². The van der Waals surface area contributed by atoms with E-state index in [1.54, 1.807) is 12.1 Å². The van der Waals surface area contributed by atoms with Gasteiger partial charge in [-0.3, -0.25) is 9.59 Å². The molecule has 0 fully saturated rings. The summed E-state index contributed by atoms with van der Waals surface area (Å²) in [5, 5.41) is 7.16. The second kappa shape index (κ2) is 7.88. The molecule has 0 bridgehead atoms. The van der Waals surface area contributed by atoms with Gasteiger partial charge in [0.2, 0.25) is 5.91 Å². The number of hydrogen-bond acceptors (Lipinski definition) is 3. The summed E-state index contributed by atoms with van der Waals surface area (Å²) in [4.78, 5) is 24.5. The lowest BCUT2D eigenvalue weighted by Gasteiger charge is -2.10. The summed E-state index contributed by atoms with van der Waals surface area (Å²) in [6.07, 6.45) is 0. The number of amides is 1. The number of anilines is 1. The SMILES string of the molecule is Cc1ccc(-c2ccc(=O)n(CC(=O)Nc3ccc(Br)c(C)c3)n2)cc1C. The smallest absolute Gasteiger partial charge is 0.267 e. The number of carbonyl (C=O) groups is 1. The average Bonchev–Trinajstić information content (AvgIpc) is 2.62. The van der Waals surface area contributed by atoms with E-state index in [1.165, 1.54) is 16.3 Å². The Morgan fingerprint density at radius 2 is 1.78 bits per heavy atom. The monoisotopic (exact) mass is 425 g/mol. The Morgan fingerprint density at radius 3 is 2.48 bits per heavy atom. The number of nitrogens with zero attached hydrogens (tertiary/aromatic N) is 2. The van der Waals surface area contributed by atoms with Crippen molar-refractivity contribution >= 4 is 27.5 Å². The van der Waals surface area contributed by atoms with Gasteiger partial charge in [-0.2, -0.15) is 5.10 Å². The number of halogens is 1. The highest BCUT2D eigenvalue weighted by Crippen LogP contribution is 2.20. The Labute approximate surface area is 166 Å². The van der Waals surface area contributed by atoms with Gasteiger partial charge in [0, 0.05) is 21.8 Å². The summed E-state index contributed by atoms with van der Waals surface area (Å²) in [6, 6.07) is 14.7. The number of carbonyl (C=O) groups excluding carboxylic acids is 1. The number of hydrogen-bond donors (Lipinski definition) is 1. The van der Waals surface area contributed by atoms with Crippen LogP contribution in [0, 0.1) is 20.8 Å². The van der Waals surface area contributed by atoms with Gasteiger partial charge >= 0.3 is 0 Å². The molecule has 6 heteroatoms. The highest BCUT2D eigenvalue weighted by atomic mass is 79.9. The molecule has 1 N–H and O–H groups in total. The maximum absolute atomic E-state index is 12.4. The summed E-state index contributed by atoms with van der Waals surface area (Å²) in [7, 11) is 0. The maximum Gasteiger partial charge on any atom is 0.267 e. The summed E-state index contributed by atoms with van der Waals surface area (Å²) in [5.41, 5.74) is 5.29. The van der Waals surface area contributed by atoms with Gasteiger partial charge in [-0.05, 0) is 67.8 Å². The summed E-state index contributed by atoms with van der Waals surface area (Å²) >= 11 is 3.43. The Bertz CT molecular complexity index is 1070. The molecule has 0 saturated heterocycles. The first-order valence-electron chi connectivity index (χ1n) is 8.55. The van der Waals surface area contributed by atoms with Crippen LogP contribution in [-0.2, 0) is 11.3 Å². The van der Waals surface area contributed by atoms with Crippen LogP contribution >= 0.6 is 15.9 Å². The molecule has 1 amide bonds. The van der Waals surface area contributed by atoms with E-state index in [9.17, 15) is 9.59 Å². The van der Waals surface area contributed by atoms with Gasteiger partial charge in [-0.25, -0.2) is 4.68 Å². The van der Waals surface area contributed by atoms with E-state index in [2.05, 4.69) is 26.3 Å². The first-order chi connectivity index (χ1) is 12.8. The molecule has 3 rings (SSSR count). The van der Waals surface area contributed by atoms with Crippen LogP contribution in [0.1, 0.15) is 16.7 Å². The van der Waals surface area contributed by atoms with E-state index in [-0.39, 0.29) is 18.0 Å². The molecule has 0 atom stereocenters. The molecule has 27 heavy (non-hydrogen) atoms. The lowest BCUT2D eigenvalue weighted by molar-refractivity contribution is -0.117. The first-order valence-corrected chi connectivity index (χ1v) is 9.34. The number of benzene rings is 2. The van der Waals surface area contributed by atoms with Gasteiger partial charge < -0.3 is 5.32 Å². The molecule has 2 aromatic carbocycles. The molecule has 3 aromatic rings. The van der Waals surface area contributed by atoms with Crippen molar-refractivity contribution < 1.29 is 4.79 Å². The van der Waals surface area contributed by atoms with Gasteiger partial charge in [0.05, 0.1) is 5.69 Å². The fourth-order valence-corrected chi connectivity index (χ4v) is 2.92. The van der Waals surface area contributed by atoms with Crippen molar-refractivity contribution in [2.24, 2.45) is 0 Å². The second-order valence-corrected chi connectivity index (χ2v) is 7.38. The van der Waals surface area contributed by atoms with Crippen molar-refractivity contribution in [2.45, 2.75) is 27.3 Å². The summed E-state index contributed by atoms with van der Waals surface area (Å²) < 4.78 is 2.16. The van der Waals surface area contributed by atoms with E-state index in [0.717, 1.165) is 21.2 Å². The molecule has 0 unspecified atom stereocenters. The van der Waals surface area contributed by atoms with E-state index in [4.69, 9.17) is 0 Å². The largest absolute Gasteiger partial charge is 0.324 e. The standard InChI is InChI=1S/C21H20BrN3O2/c1-13-4-5-16(10-14(13)2)19-8-9-21(27)25(24-19)12-20(26)23-17-6-7-18(22)15(3)11-17/h4-11H,12H2,1-3H3,(H,23,26). The van der Waals surface area contributed by atoms with Crippen LogP contribution in [0.15, 0.2) is 57.8 Å². The van der Waals surface area contributed by atoms with Gasteiger partial charge in [0.15, 0.2) is 0 Å². The molecule has 1 heterocycles.